The Labute approximate surface area is 55.9 Å². The Kier molecular flexibility index (Phi) is 2.12. The Bertz CT molecular complexity index is 198. The maximum absolute atomic E-state index is 3.09. The largest absolute Gasteiger partial charge is 0.113 e. The quantitative estimate of drug-likeness (QED) is 0.489. The molecule has 1 rings (SSSR count). The molecule has 1 aliphatic rings. The maximum atomic E-state index is 3.09. The van der Waals surface area contributed by atoms with Gasteiger partial charge in [-0.25, -0.2) is 0 Å². The molecule has 0 saturated heterocycles. The van der Waals surface area contributed by atoms with Gasteiger partial charge in [0.25, 0.3) is 0 Å². The van der Waals surface area contributed by atoms with E-state index in [1.807, 2.05) is 18.2 Å². The molecule has 0 saturated carbocycles. The zero-order chi connectivity index (χ0) is 6.53. The fourth-order valence-electron chi connectivity index (χ4n) is 0.693. The van der Waals surface area contributed by atoms with E-state index >= 15 is 0 Å². The van der Waals surface area contributed by atoms with Crippen molar-refractivity contribution in [1.29, 1.82) is 0 Å². The summed E-state index contributed by atoms with van der Waals surface area (Å²) in [6.07, 6.45) is 11.3. The van der Waals surface area contributed by atoms with Gasteiger partial charge in [0.15, 0.2) is 0 Å². The van der Waals surface area contributed by atoms with Gasteiger partial charge in [-0.1, -0.05) is 25.2 Å². The minimum absolute atomic E-state index is 1.10. The van der Waals surface area contributed by atoms with Gasteiger partial charge in [0, 0.05) is 5.57 Å². The van der Waals surface area contributed by atoms with Crippen LogP contribution in [0.4, 0.5) is 0 Å². The second-order valence-corrected chi connectivity index (χ2v) is 1.94. The molecule has 46 valence electrons. The zero-order valence-corrected chi connectivity index (χ0v) is 5.59. The predicted molar refractivity (Wildman–Crippen MR) is 40.2 cm³/mol. The standard InChI is InChI=1S/C9H10/c1-2-3-6-9-7-4-5-8-9/h3-7H,2H2,1H3/b6-3+. The van der Waals surface area contributed by atoms with Crippen molar-refractivity contribution < 1.29 is 0 Å². The summed E-state index contributed by atoms with van der Waals surface area (Å²) in [5.41, 5.74) is 4.26. The molecule has 0 aromatic rings. The molecule has 0 heterocycles. The summed E-state index contributed by atoms with van der Waals surface area (Å²) < 4.78 is 0. The van der Waals surface area contributed by atoms with Gasteiger partial charge in [0.1, 0.15) is 0 Å². The van der Waals surface area contributed by atoms with Crippen molar-refractivity contribution in [3.63, 3.8) is 0 Å². The molecule has 0 bridgehead atoms. The average Bonchev–Trinajstić information content (AvgIpc) is 2.34. The molecule has 0 atom stereocenters. The summed E-state index contributed by atoms with van der Waals surface area (Å²) in [6.45, 7) is 2.12. The van der Waals surface area contributed by atoms with Gasteiger partial charge >= 0.3 is 0 Å². The molecule has 0 amide bonds. The first-order valence-corrected chi connectivity index (χ1v) is 3.23. The van der Waals surface area contributed by atoms with Gasteiger partial charge in [0.2, 0.25) is 0 Å². The van der Waals surface area contributed by atoms with Crippen LogP contribution in [0.15, 0.2) is 41.7 Å². The molecule has 0 aromatic heterocycles. The summed E-state index contributed by atoms with van der Waals surface area (Å²) in [6, 6.07) is 0. The lowest BCUT2D eigenvalue weighted by atomic mass is 10.2. The van der Waals surface area contributed by atoms with Crippen LogP contribution >= 0.6 is 0 Å². The molecule has 0 N–H and O–H groups in total. The van der Waals surface area contributed by atoms with Crippen molar-refractivity contribution in [2.45, 2.75) is 13.3 Å². The van der Waals surface area contributed by atoms with E-state index in [1.165, 1.54) is 5.57 Å². The number of hydrogen-bond donors (Lipinski definition) is 0. The van der Waals surface area contributed by atoms with Crippen LogP contribution in [0.25, 0.3) is 0 Å². The molecule has 0 spiro atoms. The van der Waals surface area contributed by atoms with Crippen molar-refractivity contribution in [1.82, 2.24) is 0 Å². The molecule has 0 heteroatoms. The fourth-order valence-corrected chi connectivity index (χ4v) is 0.693. The van der Waals surface area contributed by atoms with Crippen LogP contribution in [-0.2, 0) is 0 Å². The predicted octanol–water partition coefficient (Wildman–Crippen LogP) is 2.60. The van der Waals surface area contributed by atoms with Gasteiger partial charge in [-0.3, -0.25) is 0 Å². The van der Waals surface area contributed by atoms with E-state index in [9.17, 15) is 0 Å². The lowest BCUT2D eigenvalue weighted by Crippen LogP contribution is -1.61. The van der Waals surface area contributed by atoms with Gasteiger partial charge in [-0.05, 0) is 18.6 Å². The van der Waals surface area contributed by atoms with Crippen molar-refractivity contribution >= 4 is 0 Å². The highest BCUT2D eigenvalue weighted by molar-refractivity contribution is 5.37. The second kappa shape index (κ2) is 3.11. The van der Waals surface area contributed by atoms with Crippen LogP contribution in [0.1, 0.15) is 13.3 Å². The summed E-state index contributed by atoms with van der Waals surface area (Å²) in [4.78, 5) is 0. The lowest BCUT2D eigenvalue weighted by molar-refractivity contribution is 1.22. The van der Waals surface area contributed by atoms with Crippen LogP contribution in [-0.4, -0.2) is 0 Å². The first-order chi connectivity index (χ1) is 4.43. The Morgan fingerprint density at radius 2 is 2.56 bits per heavy atom. The van der Waals surface area contributed by atoms with Gasteiger partial charge in [-0.2, -0.15) is 0 Å². The molecule has 0 unspecified atom stereocenters. The Balaban J connectivity index is 2.55. The highest BCUT2D eigenvalue weighted by Crippen LogP contribution is 2.02. The fraction of sp³-hybridized carbons (Fsp3) is 0.222. The molecule has 1 aliphatic carbocycles. The van der Waals surface area contributed by atoms with Crippen LogP contribution in [0, 0.1) is 0 Å². The molecule has 0 nitrogen and oxygen atoms in total. The van der Waals surface area contributed by atoms with E-state index in [-0.39, 0.29) is 0 Å². The van der Waals surface area contributed by atoms with E-state index in [0.29, 0.717) is 0 Å². The zero-order valence-electron chi connectivity index (χ0n) is 5.59. The number of hydrogen-bond acceptors (Lipinski definition) is 0. The van der Waals surface area contributed by atoms with Crippen LogP contribution in [0.5, 0.6) is 0 Å². The third-order valence-corrected chi connectivity index (χ3v) is 1.16. The second-order valence-electron chi connectivity index (χ2n) is 1.94. The normalized spacial score (nSPS) is 15.4. The maximum Gasteiger partial charge on any atom is 0.0161 e. The minimum Gasteiger partial charge on any atom is -0.113 e. The smallest absolute Gasteiger partial charge is 0.0161 e. The first-order valence-electron chi connectivity index (χ1n) is 3.23. The highest BCUT2D eigenvalue weighted by atomic mass is 13.9. The lowest BCUT2D eigenvalue weighted by Gasteiger charge is -1.80. The van der Waals surface area contributed by atoms with Gasteiger partial charge < -0.3 is 0 Å². The summed E-state index contributed by atoms with van der Waals surface area (Å²) in [7, 11) is 0. The third kappa shape index (κ3) is 1.75. The SMILES string of the molecule is CC/C=C/C1=C=CC=C1. The van der Waals surface area contributed by atoms with E-state index in [1.54, 1.807) is 0 Å². The average molecular weight is 118 g/mol. The van der Waals surface area contributed by atoms with Gasteiger partial charge in [0.05, 0.1) is 0 Å². The molecule has 0 radical (unpaired) electrons. The summed E-state index contributed by atoms with van der Waals surface area (Å²) in [5, 5.41) is 0. The van der Waals surface area contributed by atoms with Crippen molar-refractivity contribution in [3.05, 3.63) is 41.7 Å². The van der Waals surface area contributed by atoms with Crippen molar-refractivity contribution in [2.24, 2.45) is 0 Å². The molecule has 0 aromatic carbocycles. The van der Waals surface area contributed by atoms with Gasteiger partial charge in [-0.15, -0.1) is 5.73 Å². The topological polar surface area (TPSA) is 0 Å². The molecular formula is C9H10. The molecule has 0 aliphatic heterocycles. The van der Waals surface area contributed by atoms with E-state index in [4.69, 9.17) is 0 Å². The molecular weight excluding hydrogens is 108 g/mol. The number of allylic oxidation sites excluding steroid dienone is 5. The Hall–Kier alpha value is -1.00. The van der Waals surface area contributed by atoms with E-state index < -0.39 is 0 Å². The van der Waals surface area contributed by atoms with Crippen LogP contribution in [0.2, 0.25) is 0 Å². The molecule has 9 heavy (non-hydrogen) atoms. The van der Waals surface area contributed by atoms with Crippen molar-refractivity contribution in [2.75, 3.05) is 0 Å². The summed E-state index contributed by atoms with van der Waals surface area (Å²) >= 11 is 0. The highest BCUT2D eigenvalue weighted by Gasteiger charge is 1.83. The van der Waals surface area contributed by atoms with E-state index in [0.717, 1.165) is 6.42 Å². The Morgan fingerprint density at radius 3 is 3.11 bits per heavy atom. The first kappa shape index (κ1) is 6.12. The monoisotopic (exact) mass is 118 g/mol. The Morgan fingerprint density at radius 1 is 1.67 bits per heavy atom. The molecule has 0 fully saturated rings. The van der Waals surface area contributed by atoms with Crippen molar-refractivity contribution in [3.8, 4) is 0 Å². The minimum atomic E-state index is 1.10. The number of rotatable bonds is 2. The summed E-state index contributed by atoms with van der Waals surface area (Å²) in [5.74, 6) is 0. The van der Waals surface area contributed by atoms with Crippen LogP contribution in [0.3, 0.4) is 0 Å². The van der Waals surface area contributed by atoms with E-state index in [2.05, 4.69) is 24.8 Å². The van der Waals surface area contributed by atoms with Crippen LogP contribution < -0.4 is 0 Å². The third-order valence-electron chi connectivity index (χ3n) is 1.16.